The molecule has 7 heteroatoms. The molecular weight excluding hydrogens is 487 g/mol. The van der Waals surface area contributed by atoms with Gasteiger partial charge in [0.15, 0.2) is 5.11 Å². The summed E-state index contributed by atoms with van der Waals surface area (Å²) in [7, 11) is 0. The van der Waals surface area contributed by atoms with Gasteiger partial charge in [0.2, 0.25) is 0 Å². The highest BCUT2D eigenvalue weighted by Crippen LogP contribution is 2.31. The second kappa shape index (κ2) is 10.6. The number of carbonyl (C=O) groups excluding carboxylic acids is 2. The first kappa shape index (κ1) is 24.1. The van der Waals surface area contributed by atoms with Crippen molar-refractivity contribution < 1.29 is 18.7 Å². The van der Waals surface area contributed by atoms with Crippen LogP contribution < -0.4 is 14.5 Å². The average molecular weight is 509 g/mol. The summed E-state index contributed by atoms with van der Waals surface area (Å²) in [5.74, 6) is -0.972. The van der Waals surface area contributed by atoms with Crippen molar-refractivity contribution in [2.24, 2.45) is 0 Å². The number of hydrogen-bond acceptors (Lipinski definition) is 4. The van der Waals surface area contributed by atoms with Crippen LogP contribution in [0, 0.1) is 5.82 Å². The van der Waals surface area contributed by atoms with E-state index in [1.807, 2.05) is 12.1 Å². The minimum absolute atomic E-state index is 0.0666. The summed E-state index contributed by atoms with van der Waals surface area (Å²) in [5.41, 5.74) is 2.22. The standard InChI is InChI=1S/C30H21FN2O3S/c31-23-12-9-10-21(18-23)20-36-27-17-8-7-11-22(27)19-26-28(34)32(24-13-3-1-4-14-24)30(37)33(29(26)35)25-15-5-2-6-16-25/h1-19H,20H2. The highest BCUT2D eigenvalue weighted by molar-refractivity contribution is 7.81. The number of para-hydroxylation sites is 3. The van der Waals surface area contributed by atoms with Crippen LogP contribution in [0.2, 0.25) is 0 Å². The fourth-order valence-corrected chi connectivity index (χ4v) is 4.39. The third-order valence-electron chi connectivity index (χ3n) is 5.78. The molecule has 37 heavy (non-hydrogen) atoms. The van der Waals surface area contributed by atoms with E-state index in [1.165, 1.54) is 28.0 Å². The molecule has 0 aromatic heterocycles. The molecule has 1 aliphatic heterocycles. The average Bonchev–Trinajstić information content (AvgIpc) is 2.92. The van der Waals surface area contributed by atoms with Crippen LogP contribution in [-0.2, 0) is 16.2 Å². The van der Waals surface area contributed by atoms with E-state index in [0.29, 0.717) is 28.3 Å². The molecular formula is C30H21FN2O3S. The lowest BCUT2D eigenvalue weighted by Gasteiger charge is -2.36. The van der Waals surface area contributed by atoms with E-state index >= 15 is 0 Å². The Morgan fingerprint density at radius 1 is 0.730 bits per heavy atom. The molecule has 0 radical (unpaired) electrons. The molecule has 2 amide bonds. The van der Waals surface area contributed by atoms with Crippen LogP contribution in [0.25, 0.3) is 6.08 Å². The Morgan fingerprint density at radius 3 is 1.89 bits per heavy atom. The summed E-state index contributed by atoms with van der Waals surface area (Å²) in [5, 5.41) is 0.0696. The van der Waals surface area contributed by atoms with Crippen molar-refractivity contribution >= 4 is 46.6 Å². The Labute approximate surface area is 219 Å². The number of rotatable bonds is 6. The maximum Gasteiger partial charge on any atom is 0.270 e. The van der Waals surface area contributed by atoms with E-state index in [0.717, 1.165) is 0 Å². The Morgan fingerprint density at radius 2 is 1.30 bits per heavy atom. The van der Waals surface area contributed by atoms with Crippen LogP contribution in [0.1, 0.15) is 11.1 Å². The molecule has 182 valence electrons. The summed E-state index contributed by atoms with van der Waals surface area (Å²) in [4.78, 5) is 30.1. The van der Waals surface area contributed by atoms with Gasteiger partial charge in [0.05, 0.1) is 11.4 Å². The molecule has 5 rings (SSSR count). The molecule has 4 aromatic carbocycles. The number of hydrogen-bond donors (Lipinski definition) is 0. The molecule has 1 fully saturated rings. The van der Waals surface area contributed by atoms with Crippen molar-refractivity contribution in [3.63, 3.8) is 0 Å². The molecule has 1 heterocycles. The fraction of sp³-hybridized carbons (Fsp3) is 0.0333. The number of benzene rings is 4. The predicted molar refractivity (Wildman–Crippen MR) is 146 cm³/mol. The minimum Gasteiger partial charge on any atom is -0.488 e. The third kappa shape index (κ3) is 5.03. The highest BCUT2D eigenvalue weighted by atomic mass is 32.1. The summed E-state index contributed by atoms with van der Waals surface area (Å²) in [6.45, 7) is 0.121. The summed E-state index contributed by atoms with van der Waals surface area (Å²) < 4.78 is 19.5. The van der Waals surface area contributed by atoms with E-state index < -0.39 is 11.8 Å². The van der Waals surface area contributed by atoms with Crippen molar-refractivity contribution in [2.45, 2.75) is 6.61 Å². The number of anilines is 2. The van der Waals surface area contributed by atoms with Crippen molar-refractivity contribution in [1.29, 1.82) is 0 Å². The summed E-state index contributed by atoms with van der Waals surface area (Å²) in [6, 6.07) is 31.1. The zero-order chi connectivity index (χ0) is 25.8. The maximum absolute atomic E-state index is 13.7. The van der Waals surface area contributed by atoms with Gasteiger partial charge in [0.1, 0.15) is 23.7 Å². The molecule has 4 aromatic rings. The second-order valence-electron chi connectivity index (χ2n) is 8.25. The van der Waals surface area contributed by atoms with Crippen LogP contribution in [0.15, 0.2) is 115 Å². The molecule has 0 N–H and O–H groups in total. The summed E-state index contributed by atoms with van der Waals surface area (Å²) in [6.07, 6.45) is 1.51. The first-order valence-electron chi connectivity index (χ1n) is 11.5. The van der Waals surface area contributed by atoms with E-state index in [1.54, 1.807) is 84.9 Å². The Kier molecular flexibility index (Phi) is 6.87. The third-order valence-corrected chi connectivity index (χ3v) is 6.15. The van der Waals surface area contributed by atoms with Gasteiger partial charge in [-0.15, -0.1) is 0 Å². The van der Waals surface area contributed by atoms with Crippen molar-refractivity contribution in [2.75, 3.05) is 9.80 Å². The van der Waals surface area contributed by atoms with E-state index in [9.17, 15) is 14.0 Å². The van der Waals surface area contributed by atoms with Gasteiger partial charge in [-0.1, -0.05) is 66.7 Å². The van der Waals surface area contributed by atoms with Gasteiger partial charge < -0.3 is 4.74 Å². The van der Waals surface area contributed by atoms with Crippen LogP contribution >= 0.6 is 12.2 Å². The Bertz CT molecular complexity index is 1440. The zero-order valence-electron chi connectivity index (χ0n) is 19.6. The van der Waals surface area contributed by atoms with Gasteiger partial charge in [-0.05, 0) is 66.3 Å². The first-order valence-corrected chi connectivity index (χ1v) is 11.9. The lowest BCUT2D eigenvalue weighted by Crippen LogP contribution is -2.56. The minimum atomic E-state index is -0.534. The van der Waals surface area contributed by atoms with E-state index in [4.69, 9.17) is 17.0 Å². The van der Waals surface area contributed by atoms with Gasteiger partial charge in [-0.25, -0.2) is 4.39 Å². The molecule has 0 aliphatic carbocycles. The normalized spacial score (nSPS) is 13.6. The quantitative estimate of drug-likeness (QED) is 0.178. The zero-order valence-corrected chi connectivity index (χ0v) is 20.4. The topological polar surface area (TPSA) is 49.9 Å². The monoisotopic (exact) mass is 508 g/mol. The first-order chi connectivity index (χ1) is 18.0. The molecule has 0 atom stereocenters. The number of nitrogens with zero attached hydrogens (tertiary/aromatic N) is 2. The summed E-state index contributed by atoms with van der Waals surface area (Å²) >= 11 is 5.64. The van der Waals surface area contributed by atoms with Crippen LogP contribution in [-0.4, -0.2) is 16.9 Å². The van der Waals surface area contributed by atoms with Gasteiger partial charge >= 0.3 is 0 Å². The van der Waals surface area contributed by atoms with Gasteiger partial charge in [0.25, 0.3) is 11.8 Å². The lowest BCUT2D eigenvalue weighted by molar-refractivity contribution is -0.120. The lowest BCUT2D eigenvalue weighted by atomic mass is 10.0. The van der Waals surface area contributed by atoms with Crippen LogP contribution in [0.5, 0.6) is 5.75 Å². The van der Waals surface area contributed by atoms with E-state index in [2.05, 4.69) is 0 Å². The largest absolute Gasteiger partial charge is 0.488 e. The molecule has 1 saturated heterocycles. The molecule has 5 nitrogen and oxygen atoms in total. The highest BCUT2D eigenvalue weighted by Gasteiger charge is 2.41. The van der Waals surface area contributed by atoms with Crippen LogP contribution in [0.4, 0.5) is 15.8 Å². The number of ether oxygens (including phenoxy) is 1. The van der Waals surface area contributed by atoms with Crippen molar-refractivity contribution in [3.8, 4) is 5.75 Å². The van der Waals surface area contributed by atoms with Crippen molar-refractivity contribution in [1.82, 2.24) is 0 Å². The number of halogens is 1. The second-order valence-corrected chi connectivity index (χ2v) is 8.61. The van der Waals surface area contributed by atoms with E-state index in [-0.39, 0.29) is 23.1 Å². The fourth-order valence-electron chi connectivity index (χ4n) is 4.01. The number of amides is 2. The Hall–Kier alpha value is -4.62. The molecule has 1 aliphatic rings. The predicted octanol–water partition coefficient (Wildman–Crippen LogP) is 6.15. The number of thiocarbonyl (C=S) groups is 1. The Balaban J connectivity index is 1.55. The SMILES string of the molecule is O=C1C(=Cc2ccccc2OCc2cccc(F)c2)C(=O)N(c2ccccc2)C(=S)N1c1ccccc1. The maximum atomic E-state index is 13.7. The van der Waals surface area contributed by atoms with Gasteiger partial charge in [0, 0.05) is 5.56 Å². The van der Waals surface area contributed by atoms with Gasteiger partial charge in [-0.2, -0.15) is 0 Å². The van der Waals surface area contributed by atoms with Gasteiger partial charge in [-0.3, -0.25) is 19.4 Å². The molecule has 0 bridgehead atoms. The van der Waals surface area contributed by atoms with Crippen LogP contribution in [0.3, 0.4) is 0 Å². The molecule has 0 saturated carbocycles. The number of carbonyl (C=O) groups is 2. The van der Waals surface area contributed by atoms with Crippen molar-refractivity contribution in [3.05, 3.63) is 132 Å². The molecule has 0 unspecified atom stereocenters. The molecule has 0 spiro atoms. The smallest absolute Gasteiger partial charge is 0.270 e.